The molecule has 0 saturated carbocycles. The zero-order valence-corrected chi connectivity index (χ0v) is 12.2. The molecule has 2 rings (SSSR count). The molecule has 0 bridgehead atoms. The van der Waals surface area contributed by atoms with Crippen LogP contribution in [0.3, 0.4) is 0 Å². The highest BCUT2D eigenvalue weighted by molar-refractivity contribution is 7.15. The summed E-state index contributed by atoms with van der Waals surface area (Å²) < 4.78 is 0. The van der Waals surface area contributed by atoms with Crippen molar-refractivity contribution >= 4 is 28.2 Å². The van der Waals surface area contributed by atoms with Crippen LogP contribution in [0.15, 0.2) is 24.3 Å². The average Bonchev–Trinajstić information content (AvgIpc) is 2.86. The molecule has 0 saturated heterocycles. The van der Waals surface area contributed by atoms with E-state index >= 15 is 0 Å². The Balaban J connectivity index is 1.99. The van der Waals surface area contributed by atoms with Crippen molar-refractivity contribution in [3.8, 4) is 0 Å². The summed E-state index contributed by atoms with van der Waals surface area (Å²) in [7, 11) is 0. The summed E-state index contributed by atoms with van der Waals surface area (Å²) in [6.07, 6.45) is 0.803. The van der Waals surface area contributed by atoms with E-state index in [0.717, 1.165) is 17.0 Å². The molecule has 1 aromatic heterocycles. The minimum atomic E-state index is -0.342. The quantitative estimate of drug-likeness (QED) is 0.807. The Hall–Kier alpha value is -1.99. The van der Waals surface area contributed by atoms with E-state index in [0.29, 0.717) is 10.8 Å². The fourth-order valence-electron chi connectivity index (χ4n) is 1.61. The normalized spacial score (nSPS) is 11.9. The highest BCUT2D eigenvalue weighted by atomic mass is 32.1. The number of benzene rings is 1. The number of nitrogens with two attached hydrogens (primary N) is 1. The van der Waals surface area contributed by atoms with Crippen LogP contribution in [0.5, 0.6) is 0 Å². The molecule has 2 amide bonds. The van der Waals surface area contributed by atoms with Gasteiger partial charge in [-0.25, -0.2) is 4.79 Å². The molecular formula is C13H17N5OS. The Morgan fingerprint density at radius 2 is 2.20 bits per heavy atom. The second kappa shape index (κ2) is 6.44. The van der Waals surface area contributed by atoms with Crippen LogP contribution in [0.25, 0.3) is 0 Å². The Morgan fingerprint density at radius 1 is 1.40 bits per heavy atom. The molecular weight excluding hydrogens is 274 g/mol. The van der Waals surface area contributed by atoms with E-state index in [1.807, 2.05) is 38.1 Å². The smallest absolute Gasteiger partial charge is 0.324 e. The molecule has 1 unspecified atom stereocenters. The number of nitrogens with zero attached hydrogens (tertiary/aromatic N) is 2. The van der Waals surface area contributed by atoms with Crippen molar-refractivity contribution in [1.29, 1.82) is 0 Å². The van der Waals surface area contributed by atoms with Gasteiger partial charge < -0.3 is 11.1 Å². The van der Waals surface area contributed by atoms with Crippen LogP contribution in [0, 0.1) is 0 Å². The SMILES string of the molecule is CCc1nnc(NC(=O)Nc2cccc(C(C)N)c2)s1. The van der Waals surface area contributed by atoms with Crippen LogP contribution in [0.1, 0.15) is 30.5 Å². The van der Waals surface area contributed by atoms with E-state index in [1.165, 1.54) is 11.3 Å². The highest BCUT2D eigenvalue weighted by Gasteiger charge is 2.08. The van der Waals surface area contributed by atoms with Gasteiger partial charge >= 0.3 is 6.03 Å². The van der Waals surface area contributed by atoms with Crippen molar-refractivity contribution in [2.75, 3.05) is 10.6 Å². The number of carbonyl (C=O) groups excluding carboxylic acids is 1. The van der Waals surface area contributed by atoms with Gasteiger partial charge in [0.15, 0.2) is 0 Å². The predicted molar refractivity (Wildman–Crippen MR) is 81.0 cm³/mol. The van der Waals surface area contributed by atoms with E-state index in [1.54, 1.807) is 0 Å². The Bertz CT molecular complexity index is 596. The van der Waals surface area contributed by atoms with Crippen LogP contribution in [-0.4, -0.2) is 16.2 Å². The number of aryl methyl sites for hydroxylation is 1. The van der Waals surface area contributed by atoms with Crippen molar-refractivity contribution in [1.82, 2.24) is 10.2 Å². The lowest BCUT2D eigenvalue weighted by Crippen LogP contribution is -2.19. The summed E-state index contributed by atoms with van der Waals surface area (Å²) in [5.74, 6) is 0. The van der Waals surface area contributed by atoms with Crippen molar-refractivity contribution in [3.63, 3.8) is 0 Å². The Morgan fingerprint density at radius 3 is 2.85 bits per heavy atom. The highest BCUT2D eigenvalue weighted by Crippen LogP contribution is 2.18. The number of hydrogen-bond donors (Lipinski definition) is 3. The summed E-state index contributed by atoms with van der Waals surface area (Å²) in [5, 5.41) is 14.6. The minimum absolute atomic E-state index is 0.0740. The topological polar surface area (TPSA) is 92.9 Å². The molecule has 0 fully saturated rings. The first-order chi connectivity index (χ1) is 9.58. The molecule has 6 nitrogen and oxygen atoms in total. The zero-order chi connectivity index (χ0) is 14.5. The van der Waals surface area contributed by atoms with Crippen molar-refractivity contribution in [3.05, 3.63) is 34.8 Å². The summed E-state index contributed by atoms with van der Waals surface area (Å²) in [6, 6.07) is 7.02. The number of hydrogen-bond acceptors (Lipinski definition) is 5. The summed E-state index contributed by atoms with van der Waals surface area (Å²) in [4.78, 5) is 11.8. The largest absolute Gasteiger partial charge is 0.325 e. The van der Waals surface area contributed by atoms with Gasteiger partial charge in [-0.1, -0.05) is 30.4 Å². The first-order valence-electron chi connectivity index (χ1n) is 6.34. The molecule has 1 atom stereocenters. The van der Waals surface area contributed by atoms with Crippen LogP contribution >= 0.6 is 11.3 Å². The molecule has 1 heterocycles. The lowest BCUT2D eigenvalue weighted by molar-refractivity contribution is 0.262. The number of urea groups is 1. The third-order valence-corrected chi connectivity index (χ3v) is 3.64. The maximum Gasteiger partial charge on any atom is 0.325 e. The second-order valence-electron chi connectivity index (χ2n) is 4.35. The van der Waals surface area contributed by atoms with Gasteiger partial charge in [0, 0.05) is 11.7 Å². The predicted octanol–water partition coefficient (Wildman–Crippen LogP) is 2.76. The molecule has 4 N–H and O–H groups in total. The van der Waals surface area contributed by atoms with E-state index in [9.17, 15) is 4.79 Å². The first kappa shape index (κ1) is 14.4. The number of aromatic nitrogens is 2. The molecule has 0 radical (unpaired) electrons. The Labute approximate surface area is 121 Å². The fraction of sp³-hybridized carbons (Fsp3) is 0.308. The fourth-order valence-corrected chi connectivity index (χ4v) is 2.28. The van der Waals surface area contributed by atoms with E-state index < -0.39 is 0 Å². The first-order valence-corrected chi connectivity index (χ1v) is 7.16. The standard InChI is InChI=1S/C13H17N5OS/c1-3-11-17-18-13(20-11)16-12(19)15-10-6-4-5-9(7-10)8(2)14/h4-8H,3,14H2,1-2H3,(H2,15,16,18,19). The van der Waals surface area contributed by atoms with E-state index in [2.05, 4.69) is 20.8 Å². The molecule has 0 aliphatic rings. The molecule has 2 aromatic rings. The number of rotatable bonds is 4. The van der Waals surface area contributed by atoms with Gasteiger partial charge in [-0.05, 0) is 31.0 Å². The molecule has 0 spiro atoms. The number of nitrogens with one attached hydrogen (secondary N) is 2. The van der Waals surface area contributed by atoms with Crippen LogP contribution in [0.4, 0.5) is 15.6 Å². The van der Waals surface area contributed by atoms with Gasteiger partial charge in [-0.15, -0.1) is 10.2 Å². The monoisotopic (exact) mass is 291 g/mol. The van der Waals surface area contributed by atoms with Crippen LogP contribution in [-0.2, 0) is 6.42 Å². The third kappa shape index (κ3) is 3.75. The zero-order valence-electron chi connectivity index (χ0n) is 11.4. The Kier molecular flexibility index (Phi) is 4.65. The molecule has 0 aliphatic carbocycles. The molecule has 106 valence electrons. The maximum absolute atomic E-state index is 11.8. The van der Waals surface area contributed by atoms with Crippen molar-refractivity contribution < 1.29 is 4.79 Å². The van der Waals surface area contributed by atoms with Crippen LogP contribution in [0.2, 0.25) is 0 Å². The molecule has 0 aliphatic heterocycles. The second-order valence-corrected chi connectivity index (χ2v) is 5.41. The van der Waals surface area contributed by atoms with Crippen LogP contribution < -0.4 is 16.4 Å². The lowest BCUT2D eigenvalue weighted by atomic mass is 10.1. The maximum atomic E-state index is 11.8. The van der Waals surface area contributed by atoms with Crippen molar-refractivity contribution in [2.24, 2.45) is 5.73 Å². The van der Waals surface area contributed by atoms with Gasteiger partial charge in [0.25, 0.3) is 0 Å². The molecule has 20 heavy (non-hydrogen) atoms. The van der Waals surface area contributed by atoms with Crippen molar-refractivity contribution in [2.45, 2.75) is 26.3 Å². The van der Waals surface area contributed by atoms with E-state index in [-0.39, 0.29) is 12.1 Å². The van der Waals surface area contributed by atoms with Gasteiger partial charge in [-0.3, -0.25) is 5.32 Å². The summed E-state index contributed by atoms with van der Waals surface area (Å²) >= 11 is 1.37. The third-order valence-electron chi connectivity index (χ3n) is 2.66. The minimum Gasteiger partial charge on any atom is -0.324 e. The number of amides is 2. The molecule has 7 heteroatoms. The summed E-state index contributed by atoms with van der Waals surface area (Å²) in [6.45, 7) is 3.89. The van der Waals surface area contributed by atoms with E-state index in [4.69, 9.17) is 5.73 Å². The van der Waals surface area contributed by atoms with Gasteiger partial charge in [-0.2, -0.15) is 0 Å². The number of anilines is 2. The molecule has 1 aromatic carbocycles. The lowest BCUT2D eigenvalue weighted by Gasteiger charge is -2.09. The summed E-state index contributed by atoms with van der Waals surface area (Å²) in [5.41, 5.74) is 7.47. The average molecular weight is 291 g/mol. The van der Waals surface area contributed by atoms with Gasteiger partial charge in [0.2, 0.25) is 5.13 Å². The van der Waals surface area contributed by atoms with Gasteiger partial charge in [0.05, 0.1) is 0 Å². The van der Waals surface area contributed by atoms with Gasteiger partial charge in [0.1, 0.15) is 5.01 Å². The number of carbonyl (C=O) groups is 1.